The Morgan fingerprint density at radius 1 is 1.25 bits per heavy atom. The van der Waals surface area contributed by atoms with Crippen LogP contribution in [0.15, 0.2) is 0 Å². The molecule has 20 heavy (non-hydrogen) atoms. The molecule has 1 fully saturated rings. The summed E-state index contributed by atoms with van der Waals surface area (Å²) in [5.74, 6) is -0.0943. The maximum absolute atomic E-state index is 13.0. The predicted molar refractivity (Wildman–Crippen MR) is 62.8 cm³/mol. The van der Waals surface area contributed by atoms with Crippen molar-refractivity contribution in [3.8, 4) is 0 Å². The molecule has 0 aliphatic carbocycles. The van der Waals surface area contributed by atoms with Gasteiger partial charge >= 0.3 is 0 Å². The summed E-state index contributed by atoms with van der Waals surface area (Å²) in [5, 5.41) is 28.6. The highest BCUT2D eigenvalue weighted by Crippen LogP contribution is 2.32. The highest BCUT2D eigenvalue weighted by molar-refractivity contribution is 5.80. The maximum atomic E-state index is 13.0. The summed E-state index contributed by atoms with van der Waals surface area (Å²) in [4.78, 5) is 13.6. The second-order valence-corrected chi connectivity index (χ2v) is 4.45. The molecular formula is C10H12FN5O4. The topological polar surface area (TPSA) is 150 Å². The third-order valence-electron chi connectivity index (χ3n) is 3.16. The van der Waals surface area contributed by atoms with Crippen molar-refractivity contribution in [3.05, 3.63) is 11.9 Å². The van der Waals surface area contributed by atoms with E-state index in [0.29, 0.717) is 0 Å². The number of ether oxygens (including phenoxy) is 1. The summed E-state index contributed by atoms with van der Waals surface area (Å²) < 4.78 is 18.3. The Bertz CT molecular complexity index is 650. The van der Waals surface area contributed by atoms with E-state index in [-0.39, 0.29) is 22.8 Å². The number of fused-ring (bicyclic) bond motifs is 1. The third kappa shape index (κ3) is 1.89. The molecule has 0 spiro atoms. The Hall–Kier alpha value is -1.88. The van der Waals surface area contributed by atoms with Crippen molar-refractivity contribution in [1.82, 2.24) is 19.9 Å². The van der Waals surface area contributed by atoms with Gasteiger partial charge in [-0.2, -0.15) is 9.37 Å². The molecule has 6 N–H and O–H groups in total. The van der Waals surface area contributed by atoms with E-state index in [0.717, 1.165) is 0 Å². The first-order valence-electron chi connectivity index (χ1n) is 5.82. The van der Waals surface area contributed by atoms with Crippen molar-refractivity contribution >= 4 is 17.0 Å². The molecule has 1 aliphatic rings. The van der Waals surface area contributed by atoms with Gasteiger partial charge in [0.05, 0.1) is 6.61 Å². The number of aliphatic hydroxyl groups excluding tert-OH is 3. The van der Waals surface area contributed by atoms with Crippen LogP contribution in [0, 0.1) is 6.08 Å². The normalized spacial score (nSPS) is 30.2. The maximum Gasteiger partial charge on any atom is 0.289 e. The molecule has 0 bridgehead atoms. The molecule has 10 heteroatoms. The fraction of sp³-hybridized carbons (Fsp3) is 0.500. The van der Waals surface area contributed by atoms with Gasteiger partial charge in [0.1, 0.15) is 29.9 Å². The number of rotatable bonds is 2. The van der Waals surface area contributed by atoms with Crippen molar-refractivity contribution in [1.29, 1.82) is 0 Å². The third-order valence-corrected chi connectivity index (χ3v) is 3.16. The Morgan fingerprint density at radius 2 is 2.00 bits per heavy atom. The van der Waals surface area contributed by atoms with Crippen LogP contribution >= 0.6 is 0 Å². The molecule has 0 radical (unpaired) electrons. The highest BCUT2D eigenvalue weighted by Gasteiger charge is 2.44. The van der Waals surface area contributed by atoms with Crippen LogP contribution in [0.5, 0.6) is 0 Å². The van der Waals surface area contributed by atoms with E-state index in [2.05, 4.69) is 19.9 Å². The lowest BCUT2D eigenvalue weighted by Gasteiger charge is -2.13. The quantitative estimate of drug-likeness (QED) is 0.407. The van der Waals surface area contributed by atoms with Gasteiger partial charge in [-0.15, -0.1) is 0 Å². The largest absolute Gasteiger partial charge is 0.394 e. The predicted octanol–water partition coefficient (Wildman–Crippen LogP) is -1.77. The first-order valence-corrected chi connectivity index (χ1v) is 5.82. The zero-order valence-corrected chi connectivity index (χ0v) is 10.1. The molecule has 0 aromatic carbocycles. The second kappa shape index (κ2) is 4.59. The average molecular weight is 285 g/mol. The van der Waals surface area contributed by atoms with Gasteiger partial charge in [-0.05, 0) is 0 Å². The smallest absolute Gasteiger partial charge is 0.289 e. The Kier molecular flexibility index (Phi) is 3.01. The van der Waals surface area contributed by atoms with Crippen LogP contribution in [0.2, 0.25) is 0 Å². The number of nitrogen functional groups attached to an aromatic ring is 1. The summed E-state index contributed by atoms with van der Waals surface area (Å²) >= 11 is 0. The van der Waals surface area contributed by atoms with Crippen LogP contribution < -0.4 is 5.73 Å². The first kappa shape index (κ1) is 13.1. The number of H-pyrrole nitrogens is 1. The van der Waals surface area contributed by atoms with Gasteiger partial charge in [-0.25, -0.2) is 9.97 Å². The number of imidazole rings is 1. The van der Waals surface area contributed by atoms with E-state index >= 15 is 0 Å². The van der Waals surface area contributed by atoms with Gasteiger partial charge in [0.25, 0.3) is 6.08 Å². The van der Waals surface area contributed by atoms with Crippen LogP contribution in [0.3, 0.4) is 0 Å². The summed E-state index contributed by atoms with van der Waals surface area (Å²) in [6, 6.07) is 0. The summed E-state index contributed by atoms with van der Waals surface area (Å²) in [6.07, 6.45) is -5.49. The summed E-state index contributed by atoms with van der Waals surface area (Å²) in [5.41, 5.74) is 5.77. The number of hydrogen-bond acceptors (Lipinski definition) is 8. The van der Waals surface area contributed by atoms with Gasteiger partial charge in [0.15, 0.2) is 17.3 Å². The fourth-order valence-corrected chi connectivity index (χ4v) is 2.15. The van der Waals surface area contributed by atoms with Crippen molar-refractivity contribution < 1.29 is 24.4 Å². The summed E-state index contributed by atoms with van der Waals surface area (Å²) in [7, 11) is 0. The number of halogens is 1. The minimum absolute atomic E-state index is 0.0114. The molecule has 2 aromatic rings. The number of hydrogen-bond donors (Lipinski definition) is 5. The fourth-order valence-electron chi connectivity index (χ4n) is 2.15. The van der Waals surface area contributed by atoms with Crippen molar-refractivity contribution in [2.75, 3.05) is 12.3 Å². The molecule has 2 aromatic heterocycles. The summed E-state index contributed by atoms with van der Waals surface area (Å²) in [6.45, 7) is -0.469. The van der Waals surface area contributed by atoms with Crippen LogP contribution in [0.25, 0.3) is 11.2 Å². The molecule has 1 aliphatic heterocycles. The molecular weight excluding hydrogens is 273 g/mol. The standard InChI is InChI=1S/C10H12FN5O4/c11-10-13-3-7(12)14-9(15-8(3)16-10)6-5(19)4(18)2(1-17)20-6/h2,4-6,17-19H,1H2,(H3,12,13,14,15,16)/t2-,4-,5+,6?/m1/s1. The van der Waals surface area contributed by atoms with Crippen molar-refractivity contribution in [3.63, 3.8) is 0 Å². The molecule has 3 rings (SSSR count). The van der Waals surface area contributed by atoms with Crippen molar-refractivity contribution in [2.24, 2.45) is 0 Å². The second-order valence-electron chi connectivity index (χ2n) is 4.45. The lowest BCUT2D eigenvalue weighted by Crippen LogP contribution is -2.32. The van der Waals surface area contributed by atoms with E-state index < -0.39 is 37.1 Å². The molecule has 4 atom stereocenters. The number of anilines is 1. The molecule has 0 amide bonds. The molecule has 1 saturated heterocycles. The van der Waals surface area contributed by atoms with Gasteiger partial charge in [-0.1, -0.05) is 0 Å². The van der Waals surface area contributed by atoms with Crippen LogP contribution in [0.4, 0.5) is 10.2 Å². The average Bonchev–Trinajstić information content (AvgIpc) is 2.91. The lowest BCUT2D eigenvalue weighted by molar-refractivity contribution is -0.0251. The first-order chi connectivity index (χ1) is 9.51. The minimum atomic E-state index is -1.33. The van der Waals surface area contributed by atoms with Crippen molar-refractivity contribution in [2.45, 2.75) is 24.4 Å². The van der Waals surface area contributed by atoms with E-state index in [9.17, 15) is 14.6 Å². The van der Waals surface area contributed by atoms with E-state index in [1.807, 2.05) is 0 Å². The highest BCUT2D eigenvalue weighted by atomic mass is 19.1. The van der Waals surface area contributed by atoms with Crippen LogP contribution in [0.1, 0.15) is 11.9 Å². The number of nitrogens with two attached hydrogens (primary N) is 1. The van der Waals surface area contributed by atoms with Gasteiger partial charge in [0, 0.05) is 0 Å². The minimum Gasteiger partial charge on any atom is -0.394 e. The Labute approximate surface area is 111 Å². The van der Waals surface area contributed by atoms with E-state index in [1.54, 1.807) is 0 Å². The Morgan fingerprint density at radius 3 is 2.65 bits per heavy atom. The number of nitrogens with zero attached hydrogens (tertiary/aromatic N) is 3. The van der Waals surface area contributed by atoms with Gasteiger partial charge in [0.2, 0.25) is 0 Å². The zero-order valence-electron chi connectivity index (χ0n) is 10.1. The van der Waals surface area contributed by atoms with Crippen LogP contribution in [-0.2, 0) is 4.74 Å². The number of nitrogens with one attached hydrogen (secondary N) is 1. The number of aliphatic hydroxyl groups is 3. The van der Waals surface area contributed by atoms with E-state index in [1.165, 1.54) is 0 Å². The Balaban J connectivity index is 2.02. The SMILES string of the molecule is Nc1nc(C2O[C@H](CO)[C@@H](O)[C@@H]2O)nc2nc(F)[nH]c12. The van der Waals surface area contributed by atoms with Gasteiger partial charge < -0.3 is 30.8 Å². The van der Waals surface area contributed by atoms with Gasteiger partial charge in [-0.3, -0.25) is 0 Å². The molecule has 108 valence electrons. The molecule has 0 saturated carbocycles. The van der Waals surface area contributed by atoms with Crippen LogP contribution in [-0.4, -0.2) is 60.2 Å². The molecule has 9 nitrogen and oxygen atoms in total. The zero-order chi connectivity index (χ0) is 14.4. The van der Waals surface area contributed by atoms with E-state index in [4.69, 9.17) is 15.6 Å². The molecule has 1 unspecified atom stereocenters. The molecule has 3 heterocycles. The lowest BCUT2D eigenvalue weighted by atomic mass is 10.1. The number of aromatic amines is 1. The number of aromatic nitrogens is 4. The monoisotopic (exact) mass is 285 g/mol.